The second kappa shape index (κ2) is 5.14. The van der Waals surface area contributed by atoms with Crippen molar-refractivity contribution in [3.05, 3.63) is 45.8 Å². The molecule has 0 saturated carbocycles. The van der Waals surface area contributed by atoms with Gasteiger partial charge in [-0.3, -0.25) is 10.1 Å². The summed E-state index contributed by atoms with van der Waals surface area (Å²) in [5, 5.41) is 11.5. The van der Waals surface area contributed by atoms with Gasteiger partial charge in [-0.05, 0) is 24.1 Å². The van der Waals surface area contributed by atoms with Gasteiger partial charge in [0.2, 0.25) is 6.20 Å². The highest BCUT2D eigenvalue weighted by Crippen LogP contribution is 2.31. The molecule has 0 aliphatic heterocycles. The molecule has 0 bridgehead atoms. The number of hydrogen-bond donors (Lipinski definition) is 1. The van der Waals surface area contributed by atoms with Gasteiger partial charge in [0.1, 0.15) is 5.75 Å². The summed E-state index contributed by atoms with van der Waals surface area (Å²) in [4.78, 5) is 13.4. The maximum absolute atomic E-state index is 10.5. The van der Waals surface area contributed by atoms with Crippen LogP contribution in [0.3, 0.4) is 0 Å². The number of aromatic nitrogens is 1. The molecule has 0 aliphatic rings. The van der Waals surface area contributed by atoms with Crippen molar-refractivity contribution in [3.8, 4) is 5.75 Å². The third-order valence-electron chi connectivity index (χ3n) is 3.02. The lowest BCUT2D eigenvalue weighted by molar-refractivity contribution is -0.400. The number of benzene rings is 1. The van der Waals surface area contributed by atoms with Crippen LogP contribution in [0, 0.1) is 10.1 Å². The van der Waals surface area contributed by atoms with Crippen molar-refractivity contribution in [1.29, 1.82) is 0 Å². The first-order chi connectivity index (χ1) is 9.02. The van der Waals surface area contributed by atoms with Crippen LogP contribution < -0.4 is 4.74 Å². The quantitative estimate of drug-likeness (QED) is 0.675. The smallest absolute Gasteiger partial charge is 0.235 e. The summed E-state index contributed by atoms with van der Waals surface area (Å²) in [5.41, 5.74) is 2.79. The standard InChI is InChI=1S/C14H16N2O3/c1-9(2)14-11(6-7-16(17)18)12-8-10(19-3)4-5-13(12)15-14/h4-9,15H,1-3H3/b7-6+. The molecule has 5 heteroatoms. The van der Waals surface area contributed by atoms with Crippen molar-refractivity contribution < 1.29 is 9.66 Å². The van der Waals surface area contributed by atoms with Gasteiger partial charge in [0.05, 0.1) is 12.0 Å². The lowest BCUT2D eigenvalue weighted by Gasteiger charge is -2.03. The minimum absolute atomic E-state index is 0.254. The van der Waals surface area contributed by atoms with Crippen LogP contribution in [0.1, 0.15) is 31.0 Å². The molecule has 2 rings (SSSR count). The Bertz CT molecular complexity index is 641. The normalized spacial score (nSPS) is 11.6. The van der Waals surface area contributed by atoms with Crippen LogP contribution in [-0.2, 0) is 0 Å². The number of fused-ring (bicyclic) bond motifs is 1. The van der Waals surface area contributed by atoms with Gasteiger partial charge in [-0.25, -0.2) is 0 Å². The number of nitrogens with one attached hydrogen (secondary N) is 1. The number of ether oxygens (including phenoxy) is 1. The maximum atomic E-state index is 10.5. The molecule has 100 valence electrons. The highest BCUT2D eigenvalue weighted by molar-refractivity contribution is 5.91. The van der Waals surface area contributed by atoms with E-state index in [-0.39, 0.29) is 5.92 Å². The second-order valence-electron chi connectivity index (χ2n) is 4.62. The molecular formula is C14H16N2O3. The molecule has 0 spiro atoms. The summed E-state index contributed by atoms with van der Waals surface area (Å²) in [7, 11) is 1.60. The zero-order chi connectivity index (χ0) is 14.0. The molecule has 2 aromatic rings. The lowest BCUT2D eigenvalue weighted by atomic mass is 10.0. The van der Waals surface area contributed by atoms with E-state index in [1.54, 1.807) is 7.11 Å². The molecule has 0 aliphatic carbocycles. The van der Waals surface area contributed by atoms with Crippen LogP contribution in [0.4, 0.5) is 0 Å². The number of methoxy groups -OCH3 is 1. The van der Waals surface area contributed by atoms with Crippen LogP contribution in [-0.4, -0.2) is 17.0 Å². The van der Waals surface area contributed by atoms with E-state index in [4.69, 9.17) is 4.74 Å². The predicted octanol–water partition coefficient (Wildman–Crippen LogP) is 3.55. The Morgan fingerprint density at radius 1 is 1.42 bits per heavy atom. The number of H-pyrrole nitrogens is 1. The molecule has 0 radical (unpaired) electrons. The van der Waals surface area contributed by atoms with E-state index >= 15 is 0 Å². The van der Waals surface area contributed by atoms with Crippen LogP contribution in [0.15, 0.2) is 24.4 Å². The second-order valence-corrected chi connectivity index (χ2v) is 4.62. The number of aromatic amines is 1. The molecule has 1 N–H and O–H groups in total. The van der Waals surface area contributed by atoms with Gasteiger partial charge in [0.15, 0.2) is 0 Å². The molecule has 5 nitrogen and oxygen atoms in total. The summed E-state index contributed by atoms with van der Waals surface area (Å²) >= 11 is 0. The minimum Gasteiger partial charge on any atom is -0.497 e. The van der Waals surface area contributed by atoms with E-state index in [0.717, 1.165) is 34.1 Å². The van der Waals surface area contributed by atoms with Crippen LogP contribution in [0.25, 0.3) is 17.0 Å². The van der Waals surface area contributed by atoms with E-state index in [2.05, 4.69) is 4.98 Å². The highest BCUT2D eigenvalue weighted by Gasteiger charge is 2.13. The Labute approximate surface area is 111 Å². The first-order valence-corrected chi connectivity index (χ1v) is 6.04. The zero-order valence-electron chi connectivity index (χ0n) is 11.1. The Hall–Kier alpha value is -2.30. The average Bonchev–Trinajstić information content (AvgIpc) is 2.74. The Morgan fingerprint density at radius 2 is 2.16 bits per heavy atom. The summed E-state index contributed by atoms with van der Waals surface area (Å²) in [5.74, 6) is 0.988. The molecule has 1 heterocycles. The molecule has 19 heavy (non-hydrogen) atoms. The molecule has 0 fully saturated rings. The van der Waals surface area contributed by atoms with Crippen molar-refractivity contribution in [2.75, 3.05) is 7.11 Å². The van der Waals surface area contributed by atoms with Gasteiger partial charge in [-0.15, -0.1) is 0 Å². The Kier molecular flexibility index (Phi) is 3.55. The fourth-order valence-electron chi connectivity index (χ4n) is 2.11. The van der Waals surface area contributed by atoms with Gasteiger partial charge in [0.25, 0.3) is 0 Å². The number of nitro groups is 1. The predicted molar refractivity (Wildman–Crippen MR) is 75.0 cm³/mol. The van der Waals surface area contributed by atoms with E-state index in [1.165, 1.54) is 6.08 Å². The van der Waals surface area contributed by atoms with Gasteiger partial charge in [0, 0.05) is 28.2 Å². The average molecular weight is 260 g/mol. The first kappa shape index (κ1) is 13.1. The largest absolute Gasteiger partial charge is 0.497 e. The minimum atomic E-state index is -0.455. The zero-order valence-corrected chi connectivity index (χ0v) is 11.1. The van der Waals surface area contributed by atoms with Gasteiger partial charge in [-0.1, -0.05) is 13.8 Å². The molecule has 0 atom stereocenters. The number of rotatable bonds is 4. The van der Waals surface area contributed by atoms with Crippen LogP contribution in [0.2, 0.25) is 0 Å². The molecule has 0 unspecified atom stereocenters. The third-order valence-corrected chi connectivity index (χ3v) is 3.02. The molecule has 1 aromatic carbocycles. The van der Waals surface area contributed by atoms with E-state index in [9.17, 15) is 10.1 Å². The van der Waals surface area contributed by atoms with E-state index in [0.29, 0.717) is 0 Å². The van der Waals surface area contributed by atoms with Crippen molar-refractivity contribution in [3.63, 3.8) is 0 Å². The summed E-state index contributed by atoms with van der Waals surface area (Å²) in [6, 6.07) is 5.67. The monoisotopic (exact) mass is 260 g/mol. The first-order valence-electron chi connectivity index (χ1n) is 6.04. The molecular weight excluding hydrogens is 244 g/mol. The summed E-state index contributed by atoms with van der Waals surface area (Å²) in [6.07, 6.45) is 2.50. The van der Waals surface area contributed by atoms with Gasteiger partial charge < -0.3 is 9.72 Å². The lowest BCUT2D eigenvalue weighted by Crippen LogP contribution is -1.91. The molecule has 0 saturated heterocycles. The van der Waals surface area contributed by atoms with Crippen molar-refractivity contribution in [2.24, 2.45) is 0 Å². The molecule has 0 amide bonds. The highest BCUT2D eigenvalue weighted by atomic mass is 16.6. The molecule has 1 aromatic heterocycles. The van der Waals surface area contributed by atoms with Crippen LogP contribution >= 0.6 is 0 Å². The topological polar surface area (TPSA) is 68.2 Å². The number of nitrogens with zero attached hydrogens (tertiary/aromatic N) is 1. The van der Waals surface area contributed by atoms with Gasteiger partial charge in [-0.2, -0.15) is 0 Å². The van der Waals surface area contributed by atoms with E-state index in [1.807, 2.05) is 32.0 Å². The number of hydrogen-bond acceptors (Lipinski definition) is 3. The van der Waals surface area contributed by atoms with Crippen molar-refractivity contribution >= 4 is 17.0 Å². The summed E-state index contributed by atoms with van der Waals surface area (Å²) < 4.78 is 5.20. The van der Waals surface area contributed by atoms with Crippen molar-refractivity contribution in [1.82, 2.24) is 4.98 Å². The van der Waals surface area contributed by atoms with E-state index < -0.39 is 4.92 Å². The summed E-state index contributed by atoms with van der Waals surface area (Å²) in [6.45, 7) is 4.09. The fourth-order valence-corrected chi connectivity index (χ4v) is 2.11. The third kappa shape index (κ3) is 2.59. The van der Waals surface area contributed by atoms with Crippen molar-refractivity contribution in [2.45, 2.75) is 19.8 Å². The van der Waals surface area contributed by atoms with Crippen LogP contribution in [0.5, 0.6) is 5.75 Å². The Balaban J connectivity index is 2.66. The fraction of sp³-hybridized carbons (Fsp3) is 0.286. The SMILES string of the molecule is COc1ccc2[nH]c(C(C)C)c(/C=C/[N+](=O)[O-])c2c1. The maximum Gasteiger partial charge on any atom is 0.235 e. The Morgan fingerprint density at radius 3 is 2.74 bits per heavy atom. The van der Waals surface area contributed by atoms with Gasteiger partial charge >= 0.3 is 0 Å².